The molecule has 1 aliphatic rings. The second-order valence-electron chi connectivity index (χ2n) is 4.43. The standard InChI is InChI=1S/C12H23ClN2/c1-3-6-14-9-12-5-4-7-15(12)10-11(2)8-13/h8,12,14H,3-7,9-10H2,1-2H3. The van der Waals surface area contributed by atoms with E-state index in [1.165, 1.54) is 31.4 Å². The maximum absolute atomic E-state index is 5.70. The molecule has 3 heteroatoms. The van der Waals surface area contributed by atoms with Crippen LogP contribution in [-0.2, 0) is 0 Å². The van der Waals surface area contributed by atoms with Gasteiger partial charge in [0.05, 0.1) is 0 Å². The van der Waals surface area contributed by atoms with Crippen LogP contribution in [0.3, 0.4) is 0 Å². The van der Waals surface area contributed by atoms with Gasteiger partial charge >= 0.3 is 0 Å². The summed E-state index contributed by atoms with van der Waals surface area (Å²) >= 11 is 5.70. The summed E-state index contributed by atoms with van der Waals surface area (Å²) in [5.41, 5.74) is 2.97. The van der Waals surface area contributed by atoms with Gasteiger partial charge in [-0.3, -0.25) is 4.90 Å². The highest BCUT2D eigenvalue weighted by Crippen LogP contribution is 2.18. The molecule has 0 radical (unpaired) electrons. The van der Waals surface area contributed by atoms with Crippen molar-refractivity contribution in [2.45, 2.75) is 39.2 Å². The second kappa shape index (κ2) is 7.26. The summed E-state index contributed by atoms with van der Waals surface area (Å²) in [6, 6.07) is 0.711. The molecule has 0 aromatic heterocycles. The third kappa shape index (κ3) is 4.54. The molecule has 1 rings (SSSR count). The summed E-state index contributed by atoms with van der Waals surface area (Å²) in [6.07, 6.45) is 3.87. The van der Waals surface area contributed by atoms with Gasteiger partial charge < -0.3 is 5.32 Å². The van der Waals surface area contributed by atoms with Gasteiger partial charge in [0, 0.05) is 24.7 Å². The maximum Gasteiger partial charge on any atom is 0.0224 e. The fourth-order valence-electron chi connectivity index (χ4n) is 2.13. The van der Waals surface area contributed by atoms with Crippen molar-refractivity contribution in [2.75, 3.05) is 26.2 Å². The molecule has 0 aromatic rings. The molecule has 1 saturated heterocycles. The molecule has 1 heterocycles. The van der Waals surface area contributed by atoms with E-state index < -0.39 is 0 Å². The minimum Gasteiger partial charge on any atom is -0.315 e. The van der Waals surface area contributed by atoms with Gasteiger partial charge in [0.15, 0.2) is 0 Å². The average Bonchev–Trinajstić information content (AvgIpc) is 2.66. The van der Waals surface area contributed by atoms with Gasteiger partial charge in [0.2, 0.25) is 0 Å². The molecule has 0 saturated carbocycles. The summed E-state index contributed by atoms with van der Waals surface area (Å²) in [5, 5.41) is 3.50. The zero-order valence-corrected chi connectivity index (χ0v) is 10.7. The van der Waals surface area contributed by atoms with Crippen molar-refractivity contribution in [1.29, 1.82) is 0 Å². The molecule has 1 fully saturated rings. The molecular formula is C12H23ClN2. The van der Waals surface area contributed by atoms with Crippen LogP contribution >= 0.6 is 11.6 Å². The van der Waals surface area contributed by atoms with E-state index in [1.54, 1.807) is 5.54 Å². The molecule has 15 heavy (non-hydrogen) atoms. The predicted molar refractivity (Wildman–Crippen MR) is 67.4 cm³/mol. The van der Waals surface area contributed by atoms with Crippen LogP contribution in [0.1, 0.15) is 33.1 Å². The van der Waals surface area contributed by atoms with Crippen LogP contribution in [0.4, 0.5) is 0 Å². The van der Waals surface area contributed by atoms with Crippen molar-refractivity contribution in [3.05, 3.63) is 11.1 Å². The summed E-state index contributed by atoms with van der Waals surface area (Å²) in [7, 11) is 0. The molecule has 1 atom stereocenters. The van der Waals surface area contributed by atoms with Gasteiger partial charge in [-0.25, -0.2) is 0 Å². The summed E-state index contributed by atoms with van der Waals surface area (Å²) in [6.45, 7) is 8.82. The zero-order valence-electron chi connectivity index (χ0n) is 9.93. The molecule has 0 bridgehead atoms. The topological polar surface area (TPSA) is 15.3 Å². The fourth-order valence-corrected chi connectivity index (χ4v) is 2.20. The van der Waals surface area contributed by atoms with E-state index in [-0.39, 0.29) is 0 Å². The Hall–Kier alpha value is -0.0500. The average molecular weight is 231 g/mol. The third-order valence-corrected chi connectivity index (χ3v) is 3.32. The first kappa shape index (κ1) is 13.0. The van der Waals surface area contributed by atoms with Crippen LogP contribution in [0.15, 0.2) is 11.1 Å². The number of halogens is 1. The first-order valence-electron chi connectivity index (χ1n) is 5.98. The Morgan fingerprint density at radius 2 is 2.40 bits per heavy atom. The first-order valence-corrected chi connectivity index (χ1v) is 6.42. The molecule has 88 valence electrons. The minimum atomic E-state index is 0.711. The van der Waals surface area contributed by atoms with Crippen LogP contribution in [0.25, 0.3) is 0 Å². The first-order chi connectivity index (χ1) is 7.27. The maximum atomic E-state index is 5.70. The SMILES string of the molecule is CCCNCC1CCCN1CC(C)=CCl. The smallest absolute Gasteiger partial charge is 0.0224 e. The highest BCUT2D eigenvalue weighted by Gasteiger charge is 2.23. The van der Waals surface area contributed by atoms with Crippen LogP contribution in [0.5, 0.6) is 0 Å². The van der Waals surface area contributed by atoms with Gasteiger partial charge in [-0.2, -0.15) is 0 Å². The fraction of sp³-hybridized carbons (Fsp3) is 0.833. The molecule has 0 aromatic carbocycles. The lowest BCUT2D eigenvalue weighted by atomic mass is 10.2. The monoisotopic (exact) mass is 230 g/mol. The van der Waals surface area contributed by atoms with Crippen molar-refractivity contribution >= 4 is 11.6 Å². The number of hydrogen-bond donors (Lipinski definition) is 1. The van der Waals surface area contributed by atoms with Crippen molar-refractivity contribution in [3.8, 4) is 0 Å². The Morgan fingerprint density at radius 1 is 1.60 bits per heavy atom. The highest BCUT2D eigenvalue weighted by molar-refractivity contribution is 6.25. The molecule has 0 spiro atoms. The molecule has 1 N–H and O–H groups in total. The van der Waals surface area contributed by atoms with Crippen LogP contribution in [0, 0.1) is 0 Å². The van der Waals surface area contributed by atoms with Crippen molar-refractivity contribution in [1.82, 2.24) is 10.2 Å². The summed E-state index contributed by atoms with van der Waals surface area (Å²) in [4.78, 5) is 2.54. The molecule has 0 aliphatic carbocycles. The van der Waals surface area contributed by atoms with Gasteiger partial charge in [0.1, 0.15) is 0 Å². The zero-order chi connectivity index (χ0) is 11.1. The van der Waals surface area contributed by atoms with E-state index in [2.05, 4.69) is 24.1 Å². The number of rotatable bonds is 6. The Balaban J connectivity index is 2.29. The van der Waals surface area contributed by atoms with Gasteiger partial charge in [-0.05, 0) is 44.8 Å². The lowest BCUT2D eigenvalue weighted by Crippen LogP contribution is -2.38. The van der Waals surface area contributed by atoms with Crippen molar-refractivity contribution in [2.24, 2.45) is 0 Å². The van der Waals surface area contributed by atoms with E-state index in [0.29, 0.717) is 6.04 Å². The largest absolute Gasteiger partial charge is 0.315 e. The van der Waals surface area contributed by atoms with Gasteiger partial charge in [0.25, 0.3) is 0 Å². The van der Waals surface area contributed by atoms with Crippen LogP contribution < -0.4 is 5.32 Å². The summed E-state index contributed by atoms with van der Waals surface area (Å²) < 4.78 is 0. The van der Waals surface area contributed by atoms with E-state index in [1.807, 2.05) is 0 Å². The van der Waals surface area contributed by atoms with Crippen molar-refractivity contribution < 1.29 is 0 Å². The Labute approximate surface area is 98.7 Å². The number of nitrogens with zero attached hydrogens (tertiary/aromatic N) is 1. The Kier molecular flexibility index (Phi) is 6.30. The van der Waals surface area contributed by atoms with Crippen LogP contribution in [0.2, 0.25) is 0 Å². The lowest BCUT2D eigenvalue weighted by molar-refractivity contribution is 0.267. The minimum absolute atomic E-state index is 0.711. The quantitative estimate of drug-likeness (QED) is 0.706. The predicted octanol–water partition coefficient (Wildman–Crippen LogP) is 2.59. The Morgan fingerprint density at radius 3 is 3.07 bits per heavy atom. The highest BCUT2D eigenvalue weighted by atomic mass is 35.5. The normalized spacial score (nSPS) is 23.7. The number of nitrogens with one attached hydrogen (secondary N) is 1. The van der Waals surface area contributed by atoms with Gasteiger partial charge in [-0.1, -0.05) is 18.5 Å². The van der Waals surface area contributed by atoms with E-state index in [0.717, 1.165) is 19.6 Å². The third-order valence-electron chi connectivity index (χ3n) is 2.94. The van der Waals surface area contributed by atoms with E-state index >= 15 is 0 Å². The molecule has 0 amide bonds. The summed E-state index contributed by atoms with van der Waals surface area (Å²) in [5.74, 6) is 0. The lowest BCUT2D eigenvalue weighted by Gasteiger charge is -2.24. The Bertz CT molecular complexity index is 204. The molecule has 1 unspecified atom stereocenters. The number of hydrogen-bond acceptors (Lipinski definition) is 2. The van der Waals surface area contributed by atoms with Gasteiger partial charge in [-0.15, -0.1) is 0 Å². The van der Waals surface area contributed by atoms with E-state index in [4.69, 9.17) is 11.6 Å². The number of likely N-dealkylation sites (tertiary alicyclic amines) is 1. The van der Waals surface area contributed by atoms with Crippen molar-refractivity contribution in [3.63, 3.8) is 0 Å². The second-order valence-corrected chi connectivity index (χ2v) is 4.64. The molecule has 1 aliphatic heterocycles. The molecule has 2 nitrogen and oxygen atoms in total. The molecular weight excluding hydrogens is 208 g/mol. The van der Waals surface area contributed by atoms with E-state index in [9.17, 15) is 0 Å². The van der Waals surface area contributed by atoms with Crippen LogP contribution in [-0.4, -0.2) is 37.1 Å².